The SMILES string of the molecule is O=[N+]([O-])c1ccc(S(=O)(=O)N[Si](=O)C(F)(F)F)cc1. The van der Waals surface area contributed by atoms with Gasteiger partial charge in [0.15, 0.2) is 0 Å². The molecule has 0 saturated carbocycles. The van der Waals surface area contributed by atoms with E-state index in [2.05, 4.69) is 0 Å². The highest BCUT2D eigenvalue weighted by Crippen LogP contribution is 2.18. The summed E-state index contributed by atoms with van der Waals surface area (Å²) in [5.41, 5.74) is -0.428. The molecule has 0 bridgehead atoms. The van der Waals surface area contributed by atoms with E-state index >= 15 is 0 Å². The minimum absolute atomic E-state index is 0.428. The molecule has 0 fully saturated rings. The number of nitro benzene ring substituents is 1. The van der Waals surface area contributed by atoms with Gasteiger partial charge in [-0.2, -0.15) is 13.2 Å². The largest absolute Gasteiger partial charge is 0.525 e. The van der Waals surface area contributed by atoms with E-state index < -0.39 is 40.2 Å². The van der Waals surface area contributed by atoms with Crippen LogP contribution in [0.1, 0.15) is 0 Å². The molecule has 0 spiro atoms. The number of non-ortho nitro benzene ring substituents is 1. The third-order valence-electron chi connectivity index (χ3n) is 1.84. The highest BCUT2D eigenvalue weighted by atomic mass is 32.2. The molecule has 19 heavy (non-hydrogen) atoms. The number of rotatable bonds is 4. The zero-order chi connectivity index (χ0) is 14.8. The maximum Gasteiger partial charge on any atom is 0.525 e. The van der Waals surface area contributed by atoms with Crippen molar-refractivity contribution in [2.24, 2.45) is 0 Å². The van der Waals surface area contributed by atoms with Crippen molar-refractivity contribution < 1.29 is 31.0 Å². The third-order valence-corrected chi connectivity index (χ3v) is 5.07. The van der Waals surface area contributed by atoms with Crippen LogP contribution in [-0.4, -0.2) is 28.0 Å². The van der Waals surface area contributed by atoms with Gasteiger partial charge >= 0.3 is 14.6 Å². The molecular weight excluding hydrogens is 309 g/mol. The Morgan fingerprint density at radius 2 is 1.68 bits per heavy atom. The van der Waals surface area contributed by atoms with Crippen LogP contribution in [0.2, 0.25) is 0 Å². The van der Waals surface area contributed by atoms with E-state index in [9.17, 15) is 36.2 Å². The summed E-state index contributed by atoms with van der Waals surface area (Å²) in [4.78, 5) is 8.86. The molecule has 7 nitrogen and oxygen atoms in total. The van der Waals surface area contributed by atoms with Crippen LogP contribution in [0.4, 0.5) is 18.9 Å². The molecule has 1 aromatic carbocycles. The number of benzene rings is 1. The van der Waals surface area contributed by atoms with E-state index in [1.165, 1.54) is 0 Å². The molecule has 104 valence electrons. The van der Waals surface area contributed by atoms with Crippen molar-refractivity contribution in [2.75, 3.05) is 0 Å². The monoisotopic (exact) mass is 314 g/mol. The number of sulfonamides is 1. The van der Waals surface area contributed by atoms with Crippen LogP contribution >= 0.6 is 0 Å². The number of nitrogens with one attached hydrogen (secondary N) is 1. The van der Waals surface area contributed by atoms with Crippen LogP contribution in [0.15, 0.2) is 29.2 Å². The first kappa shape index (κ1) is 15.2. The number of halogens is 3. The van der Waals surface area contributed by atoms with Gasteiger partial charge in [0.25, 0.3) is 15.7 Å². The molecule has 0 aliphatic heterocycles. The Bertz CT molecular complexity index is 613. The Morgan fingerprint density at radius 1 is 1.21 bits per heavy atom. The number of nitrogens with zero attached hydrogens (tertiary/aromatic N) is 1. The van der Waals surface area contributed by atoms with Crippen molar-refractivity contribution in [3.05, 3.63) is 34.4 Å². The summed E-state index contributed by atoms with van der Waals surface area (Å²) in [5, 5.41) is 10.3. The van der Waals surface area contributed by atoms with Gasteiger partial charge in [0.05, 0.1) is 9.82 Å². The summed E-state index contributed by atoms with van der Waals surface area (Å²) in [6.07, 6.45) is 0. The summed E-state index contributed by atoms with van der Waals surface area (Å²) in [6.45, 7) is 0. The summed E-state index contributed by atoms with van der Waals surface area (Å²) in [5.74, 6) is -5.17. The van der Waals surface area contributed by atoms with Gasteiger partial charge in [0, 0.05) is 12.1 Å². The van der Waals surface area contributed by atoms with Gasteiger partial charge in [-0.05, 0) is 12.1 Å². The van der Waals surface area contributed by atoms with Gasteiger partial charge in [-0.25, -0.2) is 8.42 Å². The lowest BCUT2D eigenvalue weighted by Gasteiger charge is -2.07. The Hall–Kier alpha value is -1.82. The maximum absolute atomic E-state index is 12.0. The summed E-state index contributed by atoms with van der Waals surface area (Å²) in [7, 11) is -9.20. The van der Waals surface area contributed by atoms with E-state index in [0.29, 0.717) is 0 Å². The molecule has 0 amide bonds. The molecule has 1 N–H and O–H groups in total. The molecule has 0 aromatic heterocycles. The molecule has 0 heterocycles. The fourth-order valence-electron chi connectivity index (χ4n) is 0.986. The van der Waals surface area contributed by atoms with E-state index in [-0.39, 0.29) is 0 Å². The standard InChI is InChI=1S/C7H5F3N2O5SSi/c8-7(9,10)19(17)11-18(15,16)6-3-1-5(2-4-6)12(13)14/h1-4,11H. The number of nitro groups is 1. The minimum Gasteiger partial charge on any atom is -0.348 e. The average Bonchev–Trinajstić information content (AvgIpc) is 2.27. The van der Waals surface area contributed by atoms with Crippen molar-refractivity contribution in [1.29, 1.82) is 0 Å². The van der Waals surface area contributed by atoms with E-state index in [0.717, 1.165) is 28.7 Å². The molecule has 0 radical (unpaired) electrons. The normalized spacial score (nSPS) is 11.9. The molecule has 0 aliphatic carbocycles. The van der Waals surface area contributed by atoms with Crippen LogP contribution < -0.4 is 4.39 Å². The number of alkyl halides is 3. The predicted molar refractivity (Wildman–Crippen MR) is 55.9 cm³/mol. The van der Waals surface area contributed by atoms with Crippen LogP contribution in [0.5, 0.6) is 0 Å². The molecule has 0 saturated heterocycles. The number of hydrogen-bond donors (Lipinski definition) is 1. The lowest BCUT2D eigenvalue weighted by Crippen LogP contribution is -2.43. The first-order valence-corrected chi connectivity index (χ1v) is 7.31. The minimum atomic E-state index is -5.17. The predicted octanol–water partition coefficient (Wildman–Crippen LogP) is 0.893. The van der Waals surface area contributed by atoms with Gasteiger partial charge < -0.3 is 4.46 Å². The lowest BCUT2D eigenvalue weighted by atomic mass is 10.3. The van der Waals surface area contributed by atoms with Crippen LogP contribution in [-0.2, 0) is 14.5 Å². The van der Waals surface area contributed by atoms with Crippen molar-refractivity contribution in [1.82, 2.24) is 4.39 Å². The molecular formula is C7H5F3N2O5SSi. The second-order valence-corrected chi connectivity index (χ2v) is 6.70. The number of hydrogen-bond acceptors (Lipinski definition) is 5. The van der Waals surface area contributed by atoms with Gasteiger partial charge in [-0.3, -0.25) is 14.5 Å². The Morgan fingerprint density at radius 3 is 2.05 bits per heavy atom. The first-order valence-electron chi connectivity index (χ1n) is 4.42. The molecule has 12 heteroatoms. The Balaban J connectivity index is 3.02. The molecule has 0 aliphatic rings. The summed E-state index contributed by atoms with van der Waals surface area (Å²) >= 11 is 0. The van der Waals surface area contributed by atoms with Crippen molar-refractivity contribution >= 4 is 24.6 Å². The molecule has 1 aromatic rings. The van der Waals surface area contributed by atoms with Crippen LogP contribution in [0.3, 0.4) is 0 Å². The smallest absolute Gasteiger partial charge is 0.348 e. The average molecular weight is 314 g/mol. The fourth-order valence-corrected chi connectivity index (χ4v) is 3.39. The van der Waals surface area contributed by atoms with Gasteiger partial charge in [-0.15, -0.1) is 0 Å². The third kappa shape index (κ3) is 3.82. The molecule has 0 atom stereocenters. The summed E-state index contributed by atoms with van der Waals surface area (Å²) in [6, 6.07) is 3.09. The van der Waals surface area contributed by atoms with Gasteiger partial charge in [0.2, 0.25) is 0 Å². The van der Waals surface area contributed by atoms with Crippen molar-refractivity contribution in [3.63, 3.8) is 0 Å². The van der Waals surface area contributed by atoms with Gasteiger partial charge in [0.1, 0.15) is 0 Å². The lowest BCUT2D eigenvalue weighted by molar-refractivity contribution is -0.384. The van der Waals surface area contributed by atoms with E-state index in [4.69, 9.17) is 0 Å². The van der Waals surface area contributed by atoms with Gasteiger partial charge in [-0.1, -0.05) is 0 Å². The quantitative estimate of drug-likeness (QED) is 0.505. The highest BCUT2D eigenvalue weighted by Gasteiger charge is 2.44. The zero-order valence-electron chi connectivity index (χ0n) is 8.84. The first-order chi connectivity index (χ1) is 8.54. The fraction of sp³-hybridized carbons (Fsp3) is 0.143. The second kappa shape index (κ2) is 5.04. The molecule has 1 rings (SSSR count). The Kier molecular flexibility index (Phi) is 4.05. The second-order valence-electron chi connectivity index (χ2n) is 3.18. The highest BCUT2D eigenvalue weighted by molar-refractivity contribution is 7.90. The van der Waals surface area contributed by atoms with E-state index in [1.54, 1.807) is 0 Å². The maximum atomic E-state index is 12.0. The van der Waals surface area contributed by atoms with E-state index in [1.807, 2.05) is 0 Å². The van der Waals surface area contributed by atoms with Crippen LogP contribution in [0, 0.1) is 10.1 Å². The van der Waals surface area contributed by atoms with Crippen LogP contribution in [0.25, 0.3) is 0 Å². The van der Waals surface area contributed by atoms with Crippen molar-refractivity contribution in [2.45, 2.75) is 10.7 Å². The summed E-state index contributed by atoms with van der Waals surface area (Å²) < 4.78 is 70.5. The zero-order valence-corrected chi connectivity index (χ0v) is 10.7. The van der Waals surface area contributed by atoms with Crippen molar-refractivity contribution in [3.8, 4) is 0 Å². The topological polar surface area (TPSA) is 106 Å². The Labute approximate surface area is 106 Å². The molecule has 0 unspecified atom stereocenters.